The third-order valence-electron chi connectivity index (χ3n) is 17.2. The van der Waals surface area contributed by atoms with Crippen LogP contribution in [0.4, 0.5) is 52.0 Å². The summed E-state index contributed by atoms with van der Waals surface area (Å²) in [6.07, 6.45) is 0. The second kappa shape index (κ2) is 26.5. The Hall–Kier alpha value is -12.8. The average Bonchev–Trinajstić information content (AvgIpc) is 0.736. The highest BCUT2D eigenvalue weighted by molar-refractivity contribution is 7.99. The highest BCUT2D eigenvalue weighted by atomic mass is 32.2. The lowest BCUT2D eigenvalue weighted by Crippen LogP contribution is -2.31. The molecule has 3 aliphatic rings. The molecule has 0 saturated heterocycles. The van der Waals surface area contributed by atoms with E-state index in [9.17, 15) is 0 Å². The second-order valence-electron chi connectivity index (χ2n) is 23.8. The van der Waals surface area contributed by atoms with Crippen molar-refractivity contribution >= 4 is 63.7 Å². The Kier molecular flexibility index (Phi) is 16.3. The van der Waals surface area contributed by atoms with Gasteiger partial charge in [-0.2, -0.15) is 29.9 Å². The number of anilines is 9. The average molecular weight is 1290 g/mol. The molecule has 0 bridgehead atoms. The Morgan fingerprint density at radius 2 is 0.459 bits per heavy atom. The van der Waals surface area contributed by atoms with Crippen molar-refractivity contribution < 1.29 is 4.74 Å². The number of hydrogen-bond donors (Lipinski definition) is 0. The van der Waals surface area contributed by atoms with E-state index in [1.54, 1.807) is 11.8 Å². The molecule has 13 nitrogen and oxygen atoms in total. The molecule has 15 aromatic rings. The summed E-state index contributed by atoms with van der Waals surface area (Å²) in [7, 11) is 0. The van der Waals surface area contributed by atoms with Crippen LogP contribution in [0, 0.1) is 0 Å². The minimum absolute atomic E-state index is 0.138. The summed E-state index contributed by atoms with van der Waals surface area (Å²) in [5, 5.41) is 0. The van der Waals surface area contributed by atoms with Crippen molar-refractivity contribution in [1.82, 2.24) is 44.9 Å². The van der Waals surface area contributed by atoms with E-state index in [1.165, 1.54) is 20.9 Å². The third kappa shape index (κ3) is 11.9. The number of hydrogen-bond acceptors (Lipinski definition) is 14. The first-order valence-electron chi connectivity index (χ1n) is 32.3. The molecule has 0 radical (unpaired) electrons. The zero-order chi connectivity index (χ0) is 65.8. The molecule has 12 aromatic carbocycles. The Morgan fingerprint density at radius 3 is 0.765 bits per heavy atom. The first kappa shape index (κ1) is 60.2. The minimum atomic E-state index is -0.138. The van der Waals surface area contributed by atoms with E-state index < -0.39 is 0 Å². The maximum atomic E-state index is 6.15. The lowest BCUT2D eigenvalue weighted by atomic mass is 9.74. The summed E-state index contributed by atoms with van der Waals surface area (Å²) in [5.74, 6) is 7.15. The molecule has 18 rings (SSSR count). The van der Waals surface area contributed by atoms with Crippen LogP contribution < -0.4 is 19.4 Å². The molecule has 0 amide bonds. The van der Waals surface area contributed by atoms with Gasteiger partial charge in [0.1, 0.15) is 0 Å². The quantitative estimate of drug-likeness (QED) is 0.136. The summed E-state index contributed by atoms with van der Waals surface area (Å²) in [6, 6.07) is 110. The number of benzene rings is 12. The first-order valence-corrected chi connectivity index (χ1v) is 33.1. The van der Waals surface area contributed by atoms with Crippen LogP contribution in [0.25, 0.3) is 68.3 Å². The molecule has 0 N–H and O–H groups in total. The van der Waals surface area contributed by atoms with Gasteiger partial charge in [0, 0.05) is 48.6 Å². The zero-order valence-electron chi connectivity index (χ0n) is 53.4. The van der Waals surface area contributed by atoms with Crippen LogP contribution in [0.15, 0.2) is 337 Å². The third-order valence-corrected chi connectivity index (χ3v) is 18.3. The topological polar surface area (TPSA) is 135 Å². The van der Waals surface area contributed by atoms with E-state index >= 15 is 0 Å². The van der Waals surface area contributed by atoms with Gasteiger partial charge in [-0.15, -0.1) is 0 Å². The molecule has 6 heterocycles. The van der Waals surface area contributed by atoms with Crippen molar-refractivity contribution in [1.29, 1.82) is 0 Å². The lowest BCUT2D eigenvalue weighted by molar-refractivity contribution is 0.476. The van der Waals surface area contributed by atoms with Crippen molar-refractivity contribution in [3.8, 4) is 79.8 Å². The molecular weight excluding hydrogens is 1230 g/mol. The predicted molar refractivity (Wildman–Crippen MR) is 392 cm³/mol. The second-order valence-corrected chi connectivity index (χ2v) is 24.9. The standard InChI is InChI=1S/C30H24N4.C27H18N4O.C27H18N4S/c1-30(2)23-17-9-11-19-25(23)34(26-20-12-10-18-24(26)30)29-32-27(21-13-5-3-6-14-21)31-28(33-29)22-15-7-4-8-16-22;2*1-3-11-19(12-4-1)25-28-26(20-13-5-2-6-14-20)30-27(29-25)31-21-15-7-9-17-23(21)32-24-18-10-8-16-22(24)31/h3-20H,1-2H3;2*1-18H. The number of nitrogens with zero attached hydrogens (tertiary/aromatic N) is 12. The van der Waals surface area contributed by atoms with E-state index in [4.69, 9.17) is 49.6 Å². The van der Waals surface area contributed by atoms with Gasteiger partial charge in [0.2, 0.25) is 17.8 Å². The number of fused-ring (bicyclic) bond motifs is 6. The summed E-state index contributed by atoms with van der Waals surface area (Å²) >= 11 is 1.77. The maximum absolute atomic E-state index is 6.15. The minimum Gasteiger partial charge on any atom is -0.453 e. The van der Waals surface area contributed by atoms with E-state index in [2.05, 4.69) is 121 Å². The molecule has 0 fully saturated rings. The smallest absolute Gasteiger partial charge is 0.239 e. The van der Waals surface area contributed by atoms with Gasteiger partial charge in [-0.3, -0.25) is 14.7 Å². The molecule has 14 heteroatoms. The summed E-state index contributed by atoms with van der Waals surface area (Å²) in [5.41, 5.74) is 14.2. The van der Waals surface area contributed by atoms with Crippen molar-refractivity contribution in [2.24, 2.45) is 0 Å². The fourth-order valence-electron chi connectivity index (χ4n) is 12.4. The van der Waals surface area contributed by atoms with Crippen LogP contribution in [0.3, 0.4) is 0 Å². The highest BCUT2D eigenvalue weighted by Gasteiger charge is 2.38. The molecule has 0 atom stereocenters. The Labute approximate surface area is 572 Å². The van der Waals surface area contributed by atoms with Gasteiger partial charge in [-0.1, -0.05) is 293 Å². The first-order chi connectivity index (χ1) is 48.4. The molecule has 468 valence electrons. The fraction of sp³-hybridized carbons (Fsp3) is 0.0357. The zero-order valence-corrected chi connectivity index (χ0v) is 54.2. The van der Waals surface area contributed by atoms with Crippen LogP contribution >= 0.6 is 11.8 Å². The Morgan fingerprint density at radius 1 is 0.235 bits per heavy atom. The molecule has 3 aromatic heterocycles. The van der Waals surface area contributed by atoms with Gasteiger partial charge < -0.3 is 4.74 Å². The molecular formula is C84H60N12OS. The van der Waals surface area contributed by atoms with Gasteiger partial charge >= 0.3 is 0 Å². The van der Waals surface area contributed by atoms with E-state index in [0.29, 0.717) is 52.8 Å². The van der Waals surface area contributed by atoms with Gasteiger partial charge in [0.15, 0.2) is 46.4 Å². The Balaban J connectivity index is 0.000000115. The number of ether oxygens (including phenoxy) is 1. The molecule has 0 spiro atoms. The molecule has 0 saturated carbocycles. The maximum Gasteiger partial charge on any atom is 0.239 e. The van der Waals surface area contributed by atoms with Crippen LogP contribution in [0.1, 0.15) is 25.0 Å². The largest absolute Gasteiger partial charge is 0.453 e. The molecule has 0 unspecified atom stereocenters. The van der Waals surface area contributed by atoms with Crippen molar-refractivity contribution in [2.45, 2.75) is 29.1 Å². The normalized spacial score (nSPS) is 12.7. The van der Waals surface area contributed by atoms with Gasteiger partial charge in [0.25, 0.3) is 0 Å². The van der Waals surface area contributed by atoms with Gasteiger partial charge in [-0.25, -0.2) is 15.0 Å². The van der Waals surface area contributed by atoms with Crippen molar-refractivity contribution in [3.63, 3.8) is 0 Å². The number of aromatic nitrogens is 9. The van der Waals surface area contributed by atoms with Crippen molar-refractivity contribution in [2.75, 3.05) is 14.7 Å². The van der Waals surface area contributed by atoms with Gasteiger partial charge in [-0.05, 0) is 71.8 Å². The fourth-order valence-corrected chi connectivity index (χ4v) is 13.5. The van der Waals surface area contributed by atoms with Crippen LogP contribution in [0.5, 0.6) is 11.5 Å². The lowest BCUT2D eigenvalue weighted by Gasteiger charge is -2.40. The number of para-hydroxylation sites is 8. The van der Waals surface area contributed by atoms with E-state index in [-0.39, 0.29) is 5.41 Å². The monoisotopic (exact) mass is 1280 g/mol. The Bertz CT molecular complexity index is 4810. The van der Waals surface area contributed by atoms with Crippen LogP contribution in [0.2, 0.25) is 0 Å². The van der Waals surface area contributed by atoms with E-state index in [0.717, 1.165) is 79.0 Å². The molecule has 0 aliphatic carbocycles. The summed E-state index contributed by atoms with van der Waals surface area (Å²) in [4.78, 5) is 52.9. The van der Waals surface area contributed by atoms with Crippen LogP contribution in [-0.2, 0) is 5.41 Å². The van der Waals surface area contributed by atoms with Gasteiger partial charge in [0.05, 0.1) is 34.1 Å². The summed E-state index contributed by atoms with van der Waals surface area (Å²) in [6.45, 7) is 4.56. The van der Waals surface area contributed by atoms with Crippen molar-refractivity contribution in [3.05, 3.63) is 339 Å². The molecule has 3 aliphatic heterocycles. The summed E-state index contributed by atoms with van der Waals surface area (Å²) < 4.78 is 6.15. The van der Waals surface area contributed by atoms with E-state index in [1.807, 2.05) is 235 Å². The highest BCUT2D eigenvalue weighted by Crippen LogP contribution is 2.54. The van der Waals surface area contributed by atoms with Crippen LogP contribution in [-0.4, -0.2) is 44.9 Å². The SMILES string of the molecule is CC1(C)c2ccccc2N(c2nc(-c3ccccc3)nc(-c3ccccc3)n2)c2ccccc21.c1ccc(-c2nc(-c3ccccc3)nc(N3c4ccccc4Oc4ccccc43)n2)cc1.c1ccc(-c2nc(-c3ccccc3)nc(N3c4ccccc4Sc4ccccc43)n2)cc1. The number of rotatable bonds is 9. The molecule has 98 heavy (non-hydrogen) atoms. The predicted octanol–water partition coefficient (Wildman–Crippen LogP) is 21.2.